The van der Waals surface area contributed by atoms with Crippen molar-refractivity contribution in [1.82, 2.24) is 20.1 Å². The highest BCUT2D eigenvalue weighted by molar-refractivity contribution is 5.94. The van der Waals surface area contributed by atoms with Crippen molar-refractivity contribution in [3.8, 4) is 5.75 Å². The van der Waals surface area contributed by atoms with E-state index in [0.717, 1.165) is 18.2 Å². The van der Waals surface area contributed by atoms with E-state index in [9.17, 15) is 9.18 Å². The van der Waals surface area contributed by atoms with Gasteiger partial charge in [0.1, 0.15) is 5.69 Å². The molecule has 1 atom stereocenters. The highest BCUT2D eigenvalue weighted by atomic mass is 19.1. The number of pyridine rings is 1. The maximum atomic E-state index is 13.7. The fourth-order valence-corrected chi connectivity index (χ4v) is 3.26. The first kappa shape index (κ1) is 16.5. The van der Waals surface area contributed by atoms with Gasteiger partial charge in [0.25, 0.3) is 5.91 Å². The number of amides is 1. The first-order valence-corrected chi connectivity index (χ1v) is 8.67. The molecule has 0 bridgehead atoms. The molecule has 4 rings (SSSR count). The number of aromatic nitrogens is 3. The van der Waals surface area contributed by atoms with Crippen molar-refractivity contribution in [2.75, 3.05) is 19.7 Å². The minimum absolute atomic E-state index is 0.0999. The molecule has 1 fully saturated rings. The van der Waals surface area contributed by atoms with Gasteiger partial charge in [0, 0.05) is 24.4 Å². The molecule has 1 aliphatic heterocycles. The Kier molecular flexibility index (Phi) is 4.51. The lowest BCUT2D eigenvalue weighted by Gasteiger charge is -2.32. The summed E-state index contributed by atoms with van der Waals surface area (Å²) in [6, 6.07) is 9.93. The smallest absolute Gasteiger partial charge is 0.272 e. The molecule has 2 aromatic heterocycles. The summed E-state index contributed by atoms with van der Waals surface area (Å²) >= 11 is 0. The quantitative estimate of drug-likeness (QED) is 0.782. The van der Waals surface area contributed by atoms with E-state index in [2.05, 4.69) is 15.2 Å². The fourth-order valence-electron chi connectivity index (χ4n) is 3.26. The van der Waals surface area contributed by atoms with E-state index in [-0.39, 0.29) is 23.4 Å². The number of ether oxygens (including phenoxy) is 1. The fraction of sp³-hybridized carbons (Fsp3) is 0.316. The standard InChI is InChI=1S/C19H19FN4O2/c20-15-5-1-2-6-17(15)26-12-13-4-3-9-24(11-13)19(25)16-8-7-14-10-21-23-18(14)22-16/h1-2,5-8,10,13H,3-4,9,11-12H2,(H,21,22,23). The van der Waals surface area contributed by atoms with E-state index in [0.29, 0.717) is 31.0 Å². The summed E-state index contributed by atoms with van der Waals surface area (Å²) in [4.78, 5) is 18.9. The predicted octanol–water partition coefficient (Wildman–Crippen LogP) is 3.03. The van der Waals surface area contributed by atoms with Crippen LogP contribution >= 0.6 is 0 Å². The third-order valence-electron chi connectivity index (χ3n) is 4.64. The number of hydrogen-bond acceptors (Lipinski definition) is 4. The van der Waals surface area contributed by atoms with Crippen molar-refractivity contribution in [1.29, 1.82) is 0 Å². The zero-order valence-electron chi connectivity index (χ0n) is 14.2. The Morgan fingerprint density at radius 1 is 1.31 bits per heavy atom. The molecule has 3 heterocycles. The Labute approximate surface area is 150 Å². The van der Waals surface area contributed by atoms with Crippen LogP contribution in [-0.2, 0) is 0 Å². The normalized spacial score (nSPS) is 17.4. The van der Waals surface area contributed by atoms with Gasteiger partial charge >= 0.3 is 0 Å². The number of nitrogens with zero attached hydrogens (tertiary/aromatic N) is 3. The third kappa shape index (κ3) is 3.37. The zero-order chi connectivity index (χ0) is 17.9. The van der Waals surface area contributed by atoms with Crippen molar-refractivity contribution in [2.24, 2.45) is 5.92 Å². The molecule has 7 heteroatoms. The molecule has 1 saturated heterocycles. The van der Waals surface area contributed by atoms with Crippen molar-refractivity contribution < 1.29 is 13.9 Å². The monoisotopic (exact) mass is 354 g/mol. The number of hydrogen-bond donors (Lipinski definition) is 1. The maximum Gasteiger partial charge on any atom is 0.272 e. The number of nitrogens with one attached hydrogen (secondary N) is 1. The Morgan fingerprint density at radius 3 is 3.08 bits per heavy atom. The van der Waals surface area contributed by atoms with Gasteiger partial charge in [-0.15, -0.1) is 0 Å². The molecule has 3 aromatic rings. The number of H-pyrrole nitrogens is 1. The highest BCUT2D eigenvalue weighted by Gasteiger charge is 2.26. The van der Waals surface area contributed by atoms with Gasteiger partial charge in [-0.1, -0.05) is 12.1 Å². The molecular formula is C19H19FN4O2. The van der Waals surface area contributed by atoms with Crippen molar-refractivity contribution in [3.05, 3.63) is 54.1 Å². The molecule has 1 N–H and O–H groups in total. The van der Waals surface area contributed by atoms with Crippen LogP contribution in [0.2, 0.25) is 0 Å². The summed E-state index contributed by atoms with van der Waals surface area (Å²) < 4.78 is 19.3. The average molecular weight is 354 g/mol. The predicted molar refractivity (Wildman–Crippen MR) is 94.4 cm³/mol. The van der Waals surface area contributed by atoms with E-state index in [4.69, 9.17) is 4.74 Å². The Morgan fingerprint density at radius 2 is 2.19 bits per heavy atom. The SMILES string of the molecule is O=C(c1ccc2cn[nH]c2n1)N1CCCC(COc2ccccc2F)C1. The van der Waals surface area contributed by atoms with Gasteiger partial charge in [0.2, 0.25) is 0 Å². The largest absolute Gasteiger partial charge is 0.490 e. The van der Waals surface area contributed by atoms with Crippen LogP contribution in [0.4, 0.5) is 4.39 Å². The number of aromatic amines is 1. The van der Waals surface area contributed by atoms with Crippen molar-refractivity contribution in [2.45, 2.75) is 12.8 Å². The van der Waals surface area contributed by atoms with Crippen LogP contribution in [-0.4, -0.2) is 45.7 Å². The molecule has 0 saturated carbocycles. The lowest BCUT2D eigenvalue weighted by molar-refractivity contribution is 0.0626. The first-order valence-electron chi connectivity index (χ1n) is 8.67. The van der Waals surface area contributed by atoms with Crippen LogP contribution in [0.25, 0.3) is 11.0 Å². The number of halogens is 1. The number of fused-ring (bicyclic) bond motifs is 1. The van der Waals surface area contributed by atoms with Crippen LogP contribution in [0.15, 0.2) is 42.6 Å². The first-order chi connectivity index (χ1) is 12.7. The Hall–Kier alpha value is -2.96. The number of rotatable bonds is 4. The number of piperidine rings is 1. The lowest BCUT2D eigenvalue weighted by atomic mass is 9.98. The second-order valence-electron chi connectivity index (χ2n) is 6.51. The van der Waals surface area contributed by atoms with Gasteiger partial charge < -0.3 is 9.64 Å². The van der Waals surface area contributed by atoms with Crippen LogP contribution < -0.4 is 4.74 Å². The molecule has 0 aliphatic carbocycles. The van der Waals surface area contributed by atoms with Crippen LogP contribution in [0.5, 0.6) is 5.75 Å². The van der Waals surface area contributed by atoms with E-state index < -0.39 is 0 Å². The van der Waals surface area contributed by atoms with E-state index in [1.807, 2.05) is 6.07 Å². The van der Waals surface area contributed by atoms with Gasteiger partial charge in [-0.2, -0.15) is 5.10 Å². The molecule has 1 unspecified atom stereocenters. The molecule has 1 aromatic carbocycles. The molecule has 0 spiro atoms. The van der Waals surface area contributed by atoms with Gasteiger partial charge in [0.15, 0.2) is 17.2 Å². The van der Waals surface area contributed by atoms with Crippen molar-refractivity contribution >= 4 is 16.9 Å². The lowest BCUT2D eigenvalue weighted by Crippen LogP contribution is -2.41. The molecule has 1 amide bonds. The summed E-state index contributed by atoms with van der Waals surface area (Å²) in [5.41, 5.74) is 1.00. The summed E-state index contributed by atoms with van der Waals surface area (Å²) in [6.45, 7) is 1.66. The zero-order valence-corrected chi connectivity index (χ0v) is 14.2. The minimum atomic E-state index is -0.367. The average Bonchev–Trinajstić information content (AvgIpc) is 3.15. The molecule has 134 valence electrons. The Bertz CT molecular complexity index is 927. The number of benzene rings is 1. The van der Waals surface area contributed by atoms with E-state index in [1.54, 1.807) is 35.4 Å². The second-order valence-corrected chi connectivity index (χ2v) is 6.51. The molecule has 0 radical (unpaired) electrons. The molecule has 26 heavy (non-hydrogen) atoms. The number of para-hydroxylation sites is 1. The topological polar surface area (TPSA) is 71.1 Å². The molecule has 6 nitrogen and oxygen atoms in total. The molecular weight excluding hydrogens is 335 g/mol. The van der Waals surface area contributed by atoms with Gasteiger partial charge in [-0.25, -0.2) is 9.37 Å². The highest BCUT2D eigenvalue weighted by Crippen LogP contribution is 2.22. The van der Waals surface area contributed by atoms with Gasteiger partial charge in [-0.05, 0) is 37.1 Å². The van der Waals surface area contributed by atoms with E-state index in [1.165, 1.54) is 6.07 Å². The van der Waals surface area contributed by atoms with Crippen molar-refractivity contribution in [3.63, 3.8) is 0 Å². The summed E-state index contributed by atoms with van der Waals surface area (Å²) in [7, 11) is 0. The number of carbonyl (C=O) groups is 1. The van der Waals surface area contributed by atoms with Crippen LogP contribution in [0, 0.1) is 11.7 Å². The number of carbonyl (C=O) groups excluding carboxylic acids is 1. The third-order valence-corrected chi connectivity index (χ3v) is 4.64. The minimum Gasteiger partial charge on any atom is -0.490 e. The van der Waals surface area contributed by atoms with Gasteiger partial charge in [-0.3, -0.25) is 9.89 Å². The summed E-state index contributed by atoms with van der Waals surface area (Å²) in [6.07, 6.45) is 3.52. The summed E-state index contributed by atoms with van der Waals surface area (Å²) in [5, 5.41) is 7.58. The Balaban J connectivity index is 1.41. The molecule has 1 aliphatic rings. The van der Waals surface area contributed by atoms with Gasteiger partial charge in [0.05, 0.1) is 12.8 Å². The second kappa shape index (κ2) is 7.11. The maximum absolute atomic E-state index is 13.7. The van der Waals surface area contributed by atoms with E-state index >= 15 is 0 Å². The number of likely N-dealkylation sites (tertiary alicyclic amines) is 1. The summed E-state index contributed by atoms with van der Waals surface area (Å²) in [5.74, 6) is -0.0455. The van der Waals surface area contributed by atoms with Crippen LogP contribution in [0.3, 0.4) is 0 Å². The van der Waals surface area contributed by atoms with Crippen LogP contribution in [0.1, 0.15) is 23.3 Å².